The zero-order chi connectivity index (χ0) is 2.71. The van der Waals surface area contributed by atoms with E-state index >= 15 is 0 Å². The van der Waals surface area contributed by atoms with Crippen molar-refractivity contribution in [1.82, 2.24) is 0 Å². The molecular weight excluding hydrogens is 345 g/mol. The van der Waals surface area contributed by atoms with Crippen LogP contribution < -0.4 is 0 Å². The third-order valence-corrected chi connectivity index (χ3v) is 0. The molecule has 0 aliphatic carbocycles. The molecule has 0 aromatic heterocycles. The van der Waals surface area contributed by atoms with E-state index in [1.807, 2.05) is 0 Å². The topological polar surface area (TPSA) is 20.2 Å². The van der Waals surface area contributed by atoms with Crippen LogP contribution in [0.5, 0.6) is 0 Å². The molecule has 0 spiro atoms. The smallest absolute Gasteiger partial charge is 0.0402 e. The van der Waals surface area contributed by atoms with E-state index in [1.54, 1.807) is 6.92 Å². The minimum absolute atomic E-state index is 0. The molecule has 3 heteroatoms. The molecular formula is C2H6AgAuO. The Bertz CT molecular complexity index is 9.61. The number of hydrogen-bond acceptors (Lipinski definition) is 1. The van der Waals surface area contributed by atoms with E-state index in [9.17, 15) is 0 Å². The van der Waals surface area contributed by atoms with Crippen molar-refractivity contribution in [3.05, 3.63) is 0 Å². The minimum Gasteiger partial charge on any atom is -0.397 e. The van der Waals surface area contributed by atoms with Gasteiger partial charge in [-0.05, 0) is 6.92 Å². The summed E-state index contributed by atoms with van der Waals surface area (Å²) in [5.74, 6) is 0. The molecule has 0 rings (SSSR count). The van der Waals surface area contributed by atoms with Crippen LogP contribution in [0.2, 0.25) is 0 Å². The predicted octanol–water partition coefficient (Wildman–Crippen LogP) is -0.00640. The van der Waals surface area contributed by atoms with Crippen LogP contribution in [0.4, 0.5) is 0 Å². The Labute approximate surface area is 63.2 Å². The zero-order valence-corrected chi connectivity index (χ0v) is 6.41. The van der Waals surface area contributed by atoms with Gasteiger partial charge in [-0.3, -0.25) is 0 Å². The summed E-state index contributed by atoms with van der Waals surface area (Å²) in [6.45, 7) is 1.93. The van der Waals surface area contributed by atoms with Crippen LogP contribution in [0.25, 0.3) is 0 Å². The molecule has 0 aromatic rings. The van der Waals surface area contributed by atoms with E-state index in [0.717, 1.165) is 0 Å². The molecule has 0 unspecified atom stereocenters. The molecule has 1 nitrogen and oxygen atoms in total. The van der Waals surface area contributed by atoms with Crippen molar-refractivity contribution in [1.29, 1.82) is 0 Å². The van der Waals surface area contributed by atoms with Gasteiger partial charge in [0, 0.05) is 51.4 Å². The molecule has 0 aliphatic heterocycles. The average molecular weight is 351 g/mol. The summed E-state index contributed by atoms with van der Waals surface area (Å²) in [6.07, 6.45) is 0. The normalized spacial score (nSPS) is 3.60. The Balaban J connectivity index is -0.0000000200. The molecule has 0 atom stereocenters. The molecule has 0 aromatic carbocycles. The second kappa shape index (κ2) is 18.0. The fourth-order valence-electron chi connectivity index (χ4n) is 0. The van der Waals surface area contributed by atoms with Gasteiger partial charge in [0.05, 0.1) is 0 Å². The Morgan fingerprint density at radius 1 is 1.60 bits per heavy atom. The van der Waals surface area contributed by atoms with Crippen molar-refractivity contribution < 1.29 is 49.9 Å². The van der Waals surface area contributed by atoms with Gasteiger partial charge in [0.1, 0.15) is 0 Å². The molecule has 0 saturated heterocycles. The van der Waals surface area contributed by atoms with Crippen LogP contribution >= 0.6 is 0 Å². The summed E-state index contributed by atoms with van der Waals surface area (Å²) >= 11 is 0. The number of aliphatic hydroxyl groups excluding tert-OH is 1. The molecule has 5 heavy (non-hydrogen) atoms. The van der Waals surface area contributed by atoms with Crippen molar-refractivity contribution >= 4 is 0 Å². The van der Waals surface area contributed by atoms with Crippen molar-refractivity contribution in [2.75, 3.05) is 6.61 Å². The Hall–Kier alpha value is 1.44. The molecule has 0 bridgehead atoms. The summed E-state index contributed by atoms with van der Waals surface area (Å²) in [5, 5.41) is 7.57. The molecule has 1 N–H and O–H groups in total. The Kier molecular flexibility index (Phi) is 58.0. The van der Waals surface area contributed by atoms with Crippen LogP contribution in [-0.2, 0) is 44.8 Å². The van der Waals surface area contributed by atoms with Gasteiger partial charge in [0.2, 0.25) is 0 Å². The third-order valence-electron chi connectivity index (χ3n) is 0. The van der Waals surface area contributed by atoms with Gasteiger partial charge in [-0.25, -0.2) is 0 Å². The third kappa shape index (κ3) is 31.0. The van der Waals surface area contributed by atoms with Crippen LogP contribution in [0, 0.1) is 0 Å². The molecule has 42 valence electrons. The monoisotopic (exact) mass is 350 g/mol. The number of hydrogen-bond donors (Lipinski definition) is 1. The van der Waals surface area contributed by atoms with Gasteiger partial charge in [-0.15, -0.1) is 0 Å². The zero-order valence-electron chi connectivity index (χ0n) is 2.76. The van der Waals surface area contributed by atoms with E-state index in [4.69, 9.17) is 5.11 Å². The summed E-state index contributed by atoms with van der Waals surface area (Å²) in [4.78, 5) is 0. The van der Waals surface area contributed by atoms with Gasteiger partial charge >= 0.3 is 0 Å². The second-order valence-electron chi connectivity index (χ2n) is 0.316. The standard InChI is InChI=1S/C2H6O.Ag.Au/c1-2-3;;/h3H,2H2,1H3;;. The minimum atomic E-state index is 0. The first-order valence-electron chi connectivity index (χ1n) is 1.02. The maximum atomic E-state index is 7.57. The van der Waals surface area contributed by atoms with Gasteiger partial charge in [-0.1, -0.05) is 0 Å². The van der Waals surface area contributed by atoms with E-state index in [0.29, 0.717) is 0 Å². The van der Waals surface area contributed by atoms with Gasteiger partial charge < -0.3 is 5.11 Å². The first kappa shape index (κ1) is 16.1. The largest absolute Gasteiger partial charge is 0.397 e. The fraction of sp³-hybridized carbons (Fsp3) is 1.00. The van der Waals surface area contributed by atoms with Crippen molar-refractivity contribution in [3.63, 3.8) is 0 Å². The molecule has 2 radical (unpaired) electrons. The SMILES string of the molecule is CCO.[Ag].[Au]. The van der Waals surface area contributed by atoms with Crippen molar-refractivity contribution in [2.45, 2.75) is 6.92 Å². The van der Waals surface area contributed by atoms with Gasteiger partial charge in [-0.2, -0.15) is 0 Å². The summed E-state index contributed by atoms with van der Waals surface area (Å²) in [7, 11) is 0. The summed E-state index contributed by atoms with van der Waals surface area (Å²) < 4.78 is 0. The van der Waals surface area contributed by atoms with Gasteiger partial charge in [0.15, 0.2) is 0 Å². The molecule has 0 fully saturated rings. The first-order chi connectivity index (χ1) is 1.41. The maximum absolute atomic E-state index is 7.57. The second-order valence-corrected chi connectivity index (χ2v) is 0.316. The van der Waals surface area contributed by atoms with Crippen LogP contribution in [0.3, 0.4) is 0 Å². The van der Waals surface area contributed by atoms with E-state index in [2.05, 4.69) is 0 Å². The predicted molar refractivity (Wildman–Crippen MR) is 12.8 cm³/mol. The molecule has 0 heterocycles. The van der Waals surface area contributed by atoms with E-state index < -0.39 is 0 Å². The quantitative estimate of drug-likeness (QED) is 0.609. The van der Waals surface area contributed by atoms with Crippen LogP contribution in [0.1, 0.15) is 6.92 Å². The van der Waals surface area contributed by atoms with Crippen molar-refractivity contribution in [2.24, 2.45) is 0 Å². The number of rotatable bonds is 0. The van der Waals surface area contributed by atoms with Crippen LogP contribution in [-0.4, -0.2) is 11.7 Å². The molecule has 0 saturated carbocycles. The Morgan fingerprint density at radius 2 is 1.60 bits per heavy atom. The van der Waals surface area contributed by atoms with E-state index in [1.165, 1.54) is 0 Å². The fourth-order valence-corrected chi connectivity index (χ4v) is 0. The van der Waals surface area contributed by atoms with Crippen LogP contribution in [0.15, 0.2) is 0 Å². The summed E-state index contributed by atoms with van der Waals surface area (Å²) in [5.41, 5.74) is 0. The molecule has 0 aliphatic rings. The Morgan fingerprint density at radius 3 is 1.60 bits per heavy atom. The maximum Gasteiger partial charge on any atom is 0.0402 e. The summed E-state index contributed by atoms with van der Waals surface area (Å²) in [6, 6.07) is 0. The molecule has 0 amide bonds. The van der Waals surface area contributed by atoms with Gasteiger partial charge in [0.25, 0.3) is 0 Å². The first-order valence-corrected chi connectivity index (χ1v) is 1.02. The average Bonchev–Trinajstić information content (AvgIpc) is 0.918. The van der Waals surface area contributed by atoms with E-state index in [-0.39, 0.29) is 51.4 Å². The van der Waals surface area contributed by atoms with Crippen molar-refractivity contribution in [3.8, 4) is 0 Å². The number of aliphatic hydroxyl groups is 1.